The lowest BCUT2D eigenvalue weighted by Crippen LogP contribution is -2.53. The highest BCUT2D eigenvalue weighted by molar-refractivity contribution is 5.79. The number of nitrogens with zero attached hydrogens (tertiary/aromatic N) is 4. The Balaban J connectivity index is 1.53. The molecule has 2 heterocycles. The van der Waals surface area contributed by atoms with E-state index < -0.39 is 0 Å². The number of rotatable bonds is 9. The molecule has 2 N–H and O–H groups in total. The Labute approximate surface area is 188 Å². The quantitative estimate of drug-likeness (QED) is 0.462. The number of nitrogens with one attached hydrogen (secondary N) is 2. The van der Waals surface area contributed by atoms with E-state index in [1.54, 1.807) is 7.11 Å². The molecule has 2 saturated heterocycles. The molecule has 174 valence electrons. The standard InChI is InChI=1S/C24H42N6O/c1-5-28-13-15-29(16-14-28)20(2)18-26-24(25-3)27-19-23(30-11-6-7-12-30)21-9-8-10-22(17-21)31-4/h8-10,17,20,23H,5-7,11-16,18-19H2,1-4H3,(H2,25,26,27). The molecular formula is C24H42N6O. The van der Waals surface area contributed by atoms with E-state index in [0.717, 1.165) is 57.5 Å². The summed E-state index contributed by atoms with van der Waals surface area (Å²) in [6, 6.07) is 9.28. The molecule has 2 aliphatic heterocycles. The predicted molar refractivity (Wildman–Crippen MR) is 129 cm³/mol. The summed E-state index contributed by atoms with van der Waals surface area (Å²) in [4.78, 5) is 12.2. The molecule has 0 aromatic heterocycles. The van der Waals surface area contributed by atoms with Gasteiger partial charge in [0, 0.05) is 52.4 Å². The minimum absolute atomic E-state index is 0.315. The Kier molecular flexibility index (Phi) is 9.43. The summed E-state index contributed by atoms with van der Waals surface area (Å²) >= 11 is 0. The zero-order chi connectivity index (χ0) is 22.1. The molecule has 0 amide bonds. The summed E-state index contributed by atoms with van der Waals surface area (Å²) in [5.41, 5.74) is 1.30. The molecule has 2 aliphatic rings. The van der Waals surface area contributed by atoms with Crippen molar-refractivity contribution in [2.75, 3.05) is 73.1 Å². The van der Waals surface area contributed by atoms with Crippen LogP contribution in [0, 0.1) is 0 Å². The topological polar surface area (TPSA) is 55.4 Å². The molecule has 0 spiro atoms. The van der Waals surface area contributed by atoms with Crippen LogP contribution in [0.1, 0.15) is 38.3 Å². The summed E-state index contributed by atoms with van der Waals surface area (Å²) < 4.78 is 5.47. The number of piperazine rings is 1. The fraction of sp³-hybridized carbons (Fsp3) is 0.708. The van der Waals surface area contributed by atoms with Gasteiger partial charge >= 0.3 is 0 Å². The Morgan fingerprint density at radius 3 is 2.39 bits per heavy atom. The van der Waals surface area contributed by atoms with E-state index >= 15 is 0 Å². The van der Waals surface area contributed by atoms with Gasteiger partial charge in [0.2, 0.25) is 0 Å². The summed E-state index contributed by atoms with van der Waals surface area (Å²) in [6.07, 6.45) is 2.55. The monoisotopic (exact) mass is 430 g/mol. The minimum Gasteiger partial charge on any atom is -0.497 e. The highest BCUT2D eigenvalue weighted by atomic mass is 16.5. The van der Waals surface area contributed by atoms with Crippen molar-refractivity contribution in [1.29, 1.82) is 0 Å². The first-order chi connectivity index (χ1) is 15.1. The fourth-order valence-corrected chi connectivity index (χ4v) is 4.67. The molecule has 1 aromatic rings. The molecular weight excluding hydrogens is 388 g/mol. The van der Waals surface area contributed by atoms with Crippen LogP contribution in [0.25, 0.3) is 0 Å². The van der Waals surface area contributed by atoms with Crippen LogP contribution in [-0.4, -0.2) is 99.8 Å². The average molecular weight is 431 g/mol. The second kappa shape index (κ2) is 12.3. The lowest BCUT2D eigenvalue weighted by Gasteiger charge is -2.37. The number of aliphatic imine (C=N–C) groups is 1. The first-order valence-electron chi connectivity index (χ1n) is 11.9. The van der Waals surface area contributed by atoms with Crippen molar-refractivity contribution in [1.82, 2.24) is 25.3 Å². The Morgan fingerprint density at radius 1 is 1.03 bits per heavy atom. The molecule has 0 saturated carbocycles. The van der Waals surface area contributed by atoms with Gasteiger partial charge in [-0.05, 0) is 57.1 Å². The van der Waals surface area contributed by atoms with Gasteiger partial charge in [0.1, 0.15) is 5.75 Å². The first kappa shape index (κ1) is 23.8. The van der Waals surface area contributed by atoms with Crippen molar-refractivity contribution >= 4 is 5.96 Å². The van der Waals surface area contributed by atoms with Crippen LogP contribution in [-0.2, 0) is 0 Å². The number of likely N-dealkylation sites (N-methyl/N-ethyl adjacent to an activating group) is 1. The van der Waals surface area contributed by atoms with Gasteiger partial charge in [-0.2, -0.15) is 0 Å². The molecule has 2 fully saturated rings. The number of ether oxygens (including phenoxy) is 1. The average Bonchev–Trinajstić information content (AvgIpc) is 3.35. The maximum absolute atomic E-state index is 5.47. The van der Waals surface area contributed by atoms with Gasteiger partial charge < -0.3 is 20.3 Å². The molecule has 2 unspecified atom stereocenters. The summed E-state index contributed by atoms with van der Waals surface area (Å²) in [5, 5.41) is 7.14. The largest absolute Gasteiger partial charge is 0.497 e. The Hall–Kier alpha value is -1.83. The van der Waals surface area contributed by atoms with Gasteiger partial charge in [0.25, 0.3) is 0 Å². The Morgan fingerprint density at radius 2 is 1.74 bits per heavy atom. The van der Waals surface area contributed by atoms with Crippen LogP contribution in [0.15, 0.2) is 29.3 Å². The van der Waals surface area contributed by atoms with Crippen LogP contribution in [0.5, 0.6) is 5.75 Å². The SMILES string of the molecule is CCN1CCN(C(C)CNC(=NC)NCC(c2cccc(OC)c2)N2CCCC2)CC1. The molecule has 0 radical (unpaired) electrons. The smallest absolute Gasteiger partial charge is 0.191 e. The molecule has 31 heavy (non-hydrogen) atoms. The van der Waals surface area contributed by atoms with Crippen LogP contribution in [0.3, 0.4) is 0 Å². The summed E-state index contributed by atoms with van der Waals surface area (Å²) in [6.45, 7) is 14.4. The molecule has 7 heteroatoms. The van der Waals surface area contributed by atoms with Gasteiger partial charge in [-0.25, -0.2) is 0 Å². The number of hydrogen-bond donors (Lipinski definition) is 2. The third-order valence-electron chi connectivity index (χ3n) is 6.79. The third kappa shape index (κ3) is 6.82. The highest BCUT2D eigenvalue weighted by Crippen LogP contribution is 2.27. The van der Waals surface area contributed by atoms with E-state index in [-0.39, 0.29) is 0 Å². The summed E-state index contributed by atoms with van der Waals surface area (Å²) in [5.74, 6) is 1.80. The molecule has 0 aliphatic carbocycles. The first-order valence-corrected chi connectivity index (χ1v) is 11.9. The van der Waals surface area contributed by atoms with E-state index in [0.29, 0.717) is 12.1 Å². The lowest BCUT2D eigenvalue weighted by atomic mass is 10.1. The van der Waals surface area contributed by atoms with Gasteiger partial charge in [-0.1, -0.05) is 19.1 Å². The van der Waals surface area contributed by atoms with Crippen molar-refractivity contribution < 1.29 is 4.74 Å². The minimum atomic E-state index is 0.315. The van der Waals surface area contributed by atoms with E-state index in [2.05, 4.69) is 62.4 Å². The highest BCUT2D eigenvalue weighted by Gasteiger charge is 2.24. The van der Waals surface area contributed by atoms with Crippen LogP contribution < -0.4 is 15.4 Å². The van der Waals surface area contributed by atoms with E-state index in [9.17, 15) is 0 Å². The van der Waals surface area contributed by atoms with Crippen LogP contribution in [0.4, 0.5) is 0 Å². The fourth-order valence-electron chi connectivity index (χ4n) is 4.67. The van der Waals surface area contributed by atoms with Crippen molar-refractivity contribution in [3.05, 3.63) is 29.8 Å². The van der Waals surface area contributed by atoms with Crippen LogP contribution in [0.2, 0.25) is 0 Å². The third-order valence-corrected chi connectivity index (χ3v) is 6.79. The molecule has 0 bridgehead atoms. The number of hydrogen-bond acceptors (Lipinski definition) is 5. The molecule has 3 rings (SSSR count). The molecule has 7 nitrogen and oxygen atoms in total. The number of benzene rings is 1. The van der Waals surface area contributed by atoms with E-state index in [1.165, 1.54) is 31.5 Å². The van der Waals surface area contributed by atoms with Crippen LogP contribution >= 0.6 is 0 Å². The van der Waals surface area contributed by atoms with Gasteiger partial charge in [0.05, 0.1) is 13.2 Å². The second-order valence-electron chi connectivity index (χ2n) is 8.69. The van der Waals surface area contributed by atoms with Crippen molar-refractivity contribution in [2.24, 2.45) is 4.99 Å². The second-order valence-corrected chi connectivity index (χ2v) is 8.69. The zero-order valence-electron chi connectivity index (χ0n) is 19.9. The maximum atomic E-state index is 5.47. The number of guanidine groups is 1. The van der Waals surface area contributed by atoms with Gasteiger partial charge in [-0.3, -0.25) is 14.8 Å². The molecule has 2 atom stereocenters. The molecule has 1 aromatic carbocycles. The van der Waals surface area contributed by atoms with E-state index in [4.69, 9.17) is 4.74 Å². The van der Waals surface area contributed by atoms with Crippen molar-refractivity contribution in [3.63, 3.8) is 0 Å². The predicted octanol–water partition coefficient (Wildman–Crippen LogP) is 2.02. The summed E-state index contributed by atoms with van der Waals surface area (Å²) in [7, 11) is 3.59. The normalized spacial score (nSPS) is 21.1. The number of likely N-dealkylation sites (tertiary alicyclic amines) is 1. The maximum Gasteiger partial charge on any atom is 0.191 e. The van der Waals surface area contributed by atoms with Gasteiger partial charge in [-0.15, -0.1) is 0 Å². The lowest BCUT2D eigenvalue weighted by molar-refractivity contribution is 0.107. The van der Waals surface area contributed by atoms with Crippen molar-refractivity contribution in [2.45, 2.75) is 38.8 Å². The zero-order valence-corrected chi connectivity index (χ0v) is 19.9. The Bertz CT molecular complexity index is 682. The van der Waals surface area contributed by atoms with E-state index in [1.807, 2.05) is 13.1 Å². The number of methoxy groups -OCH3 is 1. The van der Waals surface area contributed by atoms with Crippen molar-refractivity contribution in [3.8, 4) is 5.75 Å². The van der Waals surface area contributed by atoms with Gasteiger partial charge in [0.15, 0.2) is 5.96 Å².